The summed E-state index contributed by atoms with van der Waals surface area (Å²) in [6.07, 6.45) is 13.1. The van der Waals surface area contributed by atoms with E-state index in [4.69, 9.17) is 45.2 Å². The first-order valence-electron chi connectivity index (χ1n) is 39.2. The molecule has 2 N–H and O–H groups in total. The first kappa shape index (κ1) is 74.5. The van der Waals surface area contributed by atoms with Crippen LogP contribution in [0.15, 0.2) is 73.6 Å². The lowest BCUT2D eigenvalue weighted by atomic mass is 9.33. The van der Waals surface area contributed by atoms with Crippen molar-refractivity contribution in [3.05, 3.63) is 92.9 Å². The van der Waals surface area contributed by atoms with E-state index < -0.39 is 57.1 Å². The van der Waals surface area contributed by atoms with E-state index in [9.17, 15) is 43.4 Å². The van der Waals surface area contributed by atoms with Gasteiger partial charge in [0.2, 0.25) is 23.6 Å². The molecule has 8 saturated carbocycles. The molecule has 2 heterocycles. The topological polar surface area (TPSA) is 239 Å². The van der Waals surface area contributed by atoms with Crippen molar-refractivity contribution in [3.63, 3.8) is 0 Å². The molecule has 104 heavy (non-hydrogen) atoms. The van der Waals surface area contributed by atoms with Gasteiger partial charge in [-0.15, -0.1) is 20.4 Å². The Morgan fingerprint density at radius 3 is 1.45 bits per heavy atom. The molecule has 0 saturated heterocycles. The van der Waals surface area contributed by atoms with Crippen LogP contribution in [0, 0.1) is 107 Å². The van der Waals surface area contributed by atoms with Crippen LogP contribution in [0.2, 0.25) is 5.02 Å². The van der Waals surface area contributed by atoms with Crippen LogP contribution in [0.25, 0.3) is 22.9 Å². The lowest BCUT2D eigenvalue weighted by Crippen LogP contribution is -2.66. The van der Waals surface area contributed by atoms with E-state index in [0.717, 1.165) is 93.8 Å². The van der Waals surface area contributed by atoms with Crippen molar-refractivity contribution in [2.75, 3.05) is 0 Å². The molecule has 1 unspecified atom stereocenters. The first-order chi connectivity index (χ1) is 48.5. The highest BCUT2D eigenvalue weighted by Crippen LogP contribution is 2.79. The smallest absolute Gasteiger partial charge is 0.310 e. The Labute approximate surface area is 618 Å². The van der Waals surface area contributed by atoms with Crippen LogP contribution in [0.4, 0.5) is 4.39 Å². The molecule has 0 bridgehead atoms. The Bertz CT molecular complexity index is 4280. The largest absolute Gasteiger partial charge is 0.481 e. The monoisotopic (exact) mass is 1450 g/mol. The van der Waals surface area contributed by atoms with Crippen LogP contribution in [-0.2, 0) is 55.5 Å². The molecule has 16 nitrogen and oxygen atoms in total. The summed E-state index contributed by atoms with van der Waals surface area (Å²) in [5.74, 6) is -0.473. The number of aliphatic carboxylic acids is 2. The van der Waals surface area contributed by atoms with E-state index in [-0.39, 0.29) is 128 Å². The number of nitrogens with zero attached hydrogens (tertiary/aromatic N) is 4. The average Bonchev–Trinajstić information content (AvgIpc) is 1.12. The predicted octanol–water partition coefficient (Wildman–Crippen LogP) is 19.1. The molecule has 10 aliphatic carbocycles. The van der Waals surface area contributed by atoms with Gasteiger partial charge in [0, 0.05) is 29.2 Å². The van der Waals surface area contributed by atoms with Gasteiger partial charge in [-0.1, -0.05) is 115 Å². The van der Waals surface area contributed by atoms with Crippen LogP contribution >= 0.6 is 11.6 Å². The number of carboxylic acid groups (broad SMARTS) is 2. The maximum absolute atomic E-state index is 14.8. The molecule has 4 aromatic rings. The van der Waals surface area contributed by atoms with Crippen LogP contribution in [0.5, 0.6) is 0 Å². The van der Waals surface area contributed by atoms with E-state index in [1.807, 2.05) is 0 Å². The molecule has 8 fully saturated rings. The number of rotatable bonds is 16. The third-order valence-corrected chi connectivity index (χ3v) is 32.4. The van der Waals surface area contributed by atoms with Gasteiger partial charge in [-0.3, -0.25) is 28.8 Å². The zero-order valence-corrected chi connectivity index (χ0v) is 65.4. The van der Waals surface area contributed by atoms with Crippen LogP contribution in [0.1, 0.15) is 263 Å². The van der Waals surface area contributed by atoms with Crippen molar-refractivity contribution in [3.8, 4) is 22.9 Å². The Morgan fingerprint density at radius 1 is 0.548 bits per heavy atom. The van der Waals surface area contributed by atoms with Gasteiger partial charge in [-0.2, -0.15) is 0 Å². The molecule has 2 aromatic carbocycles. The molecule has 0 radical (unpaired) electrons. The summed E-state index contributed by atoms with van der Waals surface area (Å²) in [4.78, 5) is 82.9. The van der Waals surface area contributed by atoms with Gasteiger partial charge in [-0.25, -0.2) is 4.39 Å². The Balaban J connectivity index is 0.663. The van der Waals surface area contributed by atoms with Crippen LogP contribution < -0.4 is 0 Å². The quantitative estimate of drug-likeness (QED) is 0.0991. The van der Waals surface area contributed by atoms with Gasteiger partial charge in [0.25, 0.3) is 0 Å². The number of ether oxygens (including phenoxy) is 2. The number of esters is 2. The number of carbonyl (C=O) groups is 6. The predicted molar refractivity (Wildman–Crippen MR) is 392 cm³/mol. The number of ketones is 2. The zero-order valence-electron chi connectivity index (χ0n) is 64.7. The number of carbonyl (C=O) groups excluding carboxylic acids is 4. The number of benzene rings is 2. The van der Waals surface area contributed by atoms with Crippen molar-refractivity contribution in [1.29, 1.82) is 0 Å². The highest BCUT2D eigenvalue weighted by Gasteiger charge is 2.74. The van der Waals surface area contributed by atoms with Crippen molar-refractivity contribution in [2.45, 2.75) is 276 Å². The van der Waals surface area contributed by atoms with E-state index in [2.05, 4.69) is 102 Å². The molecule has 10 aliphatic rings. The van der Waals surface area contributed by atoms with Gasteiger partial charge < -0.3 is 28.5 Å². The van der Waals surface area contributed by atoms with E-state index in [0.29, 0.717) is 83.3 Å². The van der Waals surface area contributed by atoms with Crippen molar-refractivity contribution in [1.82, 2.24) is 20.4 Å². The molecular formula is C86H112ClFN4O12. The molecule has 2 aromatic heterocycles. The minimum Gasteiger partial charge on any atom is -0.481 e. The number of allylic oxidation sites excluding steroid dienone is 4. The van der Waals surface area contributed by atoms with Crippen molar-refractivity contribution < 1.29 is 61.7 Å². The maximum Gasteiger partial charge on any atom is 0.310 e. The lowest BCUT2D eigenvalue weighted by molar-refractivity contribution is -0.232. The number of hydrogen-bond acceptors (Lipinski definition) is 14. The normalized spacial score (nSPS) is 37.5. The number of hydrogen-bond donors (Lipinski definition) is 2. The Hall–Kier alpha value is -6.36. The van der Waals surface area contributed by atoms with E-state index in [1.54, 1.807) is 51.1 Å². The SMILES string of the molecule is CC(C)C1=C2[C@H]3CC[C@@H]4[C@@]5(C)CC[C@H](OC(=O)CC(C)(Cc6ccc(Cl)c(-c7nnc([C@@]89CC[C@]%10(C)[C@H](CC[C@@H]%11[C@@]%12(C)CC[C@H](OC(=O)CC(C)(C)C(=O)O)C(C)(C)[C@@H]%12CC[C@]%11%10C)C8=C(C(C)C)C(=O)C9)o7)c6)C(=O)O)C(C)(C)[C@@H]5CC[C@@]4(C)[C@]3(C)CC[C@@]2(c2nnc(-c3ccc(F)cc3)o2)CC1=O. The van der Waals surface area contributed by atoms with Gasteiger partial charge in [0.05, 0.1) is 45.1 Å². The van der Waals surface area contributed by atoms with Crippen LogP contribution in [0.3, 0.4) is 0 Å². The molecule has 0 spiro atoms. The Kier molecular flexibility index (Phi) is 17.8. The minimum atomic E-state index is -1.57. The summed E-state index contributed by atoms with van der Waals surface area (Å²) in [6, 6.07) is 11.4. The van der Waals surface area contributed by atoms with Crippen molar-refractivity contribution in [2.24, 2.45) is 101 Å². The van der Waals surface area contributed by atoms with Gasteiger partial charge in [-0.05, 0) is 274 Å². The molecule has 0 amide bonds. The second-order valence-corrected chi connectivity index (χ2v) is 39.4. The van der Waals surface area contributed by atoms with Gasteiger partial charge >= 0.3 is 23.9 Å². The molecule has 562 valence electrons. The van der Waals surface area contributed by atoms with Gasteiger partial charge in [0.1, 0.15) is 18.0 Å². The van der Waals surface area contributed by atoms with E-state index >= 15 is 0 Å². The first-order valence-corrected chi connectivity index (χ1v) is 39.5. The highest BCUT2D eigenvalue weighted by atomic mass is 35.5. The molecular weight excluding hydrogens is 1340 g/mol. The maximum atomic E-state index is 14.8. The summed E-state index contributed by atoms with van der Waals surface area (Å²) < 4.78 is 40.3. The summed E-state index contributed by atoms with van der Waals surface area (Å²) >= 11 is 7.08. The number of halogens is 2. The van der Waals surface area contributed by atoms with Crippen molar-refractivity contribution >= 4 is 47.0 Å². The Morgan fingerprint density at radius 2 is 1.00 bits per heavy atom. The second kappa shape index (κ2) is 24.8. The fourth-order valence-corrected chi connectivity index (χ4v) is 26.6. The summed E-state index contributed by atoms with van der Waals surface area (Å²) in [5.41, 5.74) is 0.112. The number of Topliss-reactive ketones (excluding diaryl/α,β-unsaturated/α-hetero) is 2. The lowest BCUT2D eigenvalue weighted by Gasteiger charge is -2.72. The van der Waals surface area contributed by atoms with E-state index in [1.165, 1.54) is 17.7 Å². The van der Waals surface area contributed by atoms with Crippen LogP contribution in [-0.4, -0.2) is 78.3 Å². The fraction of sp³-hybridized carbons (Fsp3) is 0.698. The number of aromatic nitrogens is 4. The molecule has 18 heteroatoms. The second-order valence-electron chi connectivity index (χ2n) is 39.0. The zero-order chi connectivity index (χ0) is 75.2. The summed E-state index contributed by atoms with van der Waals surface area (Å²) in [6.45, 7) is 37.2. The standard InChI is InChI=1S/C86H112ClFN4O12/c1-46(2)65-55(93)42-85(71-91-89-69(103-71)49-19-21-50(88)22-20-49)38-36-81(14)52(67(65)85)23-26-60-80(13)33-31-62(77(9,10)58(80)29-35-83(60,81)16)102-64(96)45-78(11,74(99)100)41-48-18-25-54(87)51(40-48)70-90-92-72(104-70)86-39-37-82(15)53(68(86)66(47(3)4)56(94)43-86)24-27-59-79(12)32-30-61(101-63(95)44-75(5,6)73(97)98)76(7,8)57(79)28-34-84(59,82)17/h18-22,25,40,46-47,52-53,57-62H,23-24,26-39,41-45H2,1-17H3,(H,97,98)(H,99,100)/t52-,53-,57+,58+,59-,60-,61+,62+,78?,79+,80+,81-,82-,83-,84-,85-,86-/m1/s1. The highest BCUT2D eigenvalue weighted by molar-refractivity contribution is 6.33. The fourth-order valence-electron chi connectivity index (χ4n) is 26.4. The molecule has 14 rings (SSSR count). The molecule has 0 aliphatic heterocycles. The molecule has 17 atom stereocenters. The number of carboxylic acids is 2. The summed E-state index contributed by atoms with van der Waals surface area (Å²) in [5, 5.41) is 40.0. The number of fused-ring (bicyclic) bond motifs is 14. The third kappa shape index (κ3) is 10.8. The third-order valence-electron chi connectivity index (χ3n) is 32.1. The van der Waals surface area contributed by atoms with Gasteiger partial charge in [0.15, 0.2) is 11.6 Å². The summed E-state index contributed by atoms with van der Waals surface area (Å²) in [7, 11) is 0. The minimum absolute atomic E-state index is 0.0145. The average molecular weight is 1450 g/mol.